The van der Waals surface area contributed by atoms with Crippen LogP contribution in [-0.4, -0.2) is 0 Å². The van der Waals surface area contributed by atoms with Crippen LogP contribution in [-0.2, 0) is 0 Å². The first kappa shape index (κ1) is 8.77. The van der Waals surface area contributed by atoms with Gasteiger partial charge in [0, 0.05) is 5.56 Å². The number of rotatable bonds is 0. The Kier molecular flexibility index (Phi) is 2.46. The minimum atomic E-state index is -0.226. The highest BCUT2D eigenvalue weighted by molar-refractivity contribution is 5.37. The van der Waals surface area contributed by atoms with Crippen LogP contribution >= 0.6 is 0 Å². The van der Waals surface area contributed by atoms with Gasteiger partial charge in [-0.2, -0.15) is 0 Å². The Balaban J connectivity index is 2.13. The van der Waals surface area contributed by atoms with Gasteiger partial charge in [-0.3, -0.25) is 0 Å². The molecule has 1 aliphatic carbocycles. The molecule has 0 atom stereocenters. The van der Waals surface area contributed by atoms with Crippen molar-refractivity contribution < 1.29 is 4.39 Å². The molecule has 0 heterocycles. The van der Waals surface area contributed by atoms with E-state index in [4.69, 9.17) is 0 Å². The summed E-state index contributed by atoms with van der Waals surface area (Å²) in [6.45, 7) is 0. The summed E-state index contributed by atoms with van der Waals surface area (Å²) >= 11 is 0. The number of hydrogen-bond donors (Lipinski definition) is 0. The molecule has 14 heavy (non-hydrogen) atoms. The van der Waals surface area contributed by atoms with Crippen molar-refractivity contribution in [2.75, 3.05) is 0 Å². The highest BCUT2D eigenvalue weighted by atomic mass is 19.1. The molecular weight excluding hydrogens is 175 g/mol. The number of halogens is 1. The number of allylic oxidation sites excluding steroid dienone is 4. The van der Waals surface area contributed by atoms with E-state index in [9.17, 15) is 4.39 Å². The molecule has 1 aromatic rings. The summed E-state index contributed by atoms with van der Waals surface area (Å²) in [4.78, 5) is 0. The van der Waals surface area contributed by atoms with Crippen LogP contribution in [0, 0.1) is 23.6 Å². The van der Waals surface area contributed by atoms with Crippen LogP contribution in [0.5, 0.6) is 0 Å². The zero-order chi connectivity index (χ0) is 9.80. The molecule has 0 aromatic heterocycles. The number of hydrogen-bond acceptors (Lipinski definition) is 0. The van der Waals surface area contributed by atoms with Gasteiger partial charge in [-0.05, 0) is 24.3 Å². The fraction of sp³-hybridized carbons (Fsp3) is 0.0769. The quantitative estimate of drug-likeness (QED) is 0.544. The van der Waals surface area contributed by atoms with E-state index >= 15 is 0 Å². The maximum atomic E-state index is 12.6. The van der Waals surface area contributed by atoms with Crippen molar-refractivity contribution in [2.24, 2.45) is 5.92 Å². The fourth-order valence-corrected chi connectivity index (χ4v) is 1.23. The van der Waals surface area contributed by atoms with E-state index in [0.717, 1.165) is 5.56 Å². The van der Waals surface area contributed by atoms with Crippen molar-refractivity contribution in [2.45, 2.75) is 0 Å². The first-order valence-electron chi connectivity index (χ1n) is 4.47. The molecule has 0 N–H and O–H groups in total. The molecule has 1 aliphatic rings. The Labute approximate surface area is 82.8 Å². The standard InChI is InChI=1S/C13H9F/c14-13-9-7-12(8-10-13)6-5-11-3-1-2-4-11/h1-4,7-11H. The number of benzene rings is 1. The molecule has 0 nitrogen and oxygen atoms in total. The maximum Gasteiger partial charge on any atom is 0.123 e. The average molecular weight is 184 g/mol. The van der Waals surface area contributed by atoms with E-state index in [1.165, 1.54) is 12.1 Å². The van der Waals surface area contributed by atoms with Gasteiger partial charge in [-0.25, -0.2) is 4.39 Å². The van der Waals surface area contributed by atoms with Gasteiger partial charge < -0.3 is 0 Å². The average Bonchev–Trinajstić information content (AvgIpc) is 2.70. The second-order valence-corrected chi connectivity index (χ2v) is 3.07. The normalized spacial score (nSPS) is 14.1. The van der Waals surface area contributed by atoms with Crippen molar-refractivity contribution in [3.05, 3.63) is 60.0 Å². The van der Waals surface area contributed by atoms with Crippen molar-refractivity contribution in [1.82, 2.24) is 0 Å². The Bertz CT molecular complexity index is 415. The van der Waals surface area contributed by atoms with E-state index in [0.29, 0.717) is 0 Å². The summed E-state index contributed by atoms with van der Waals surface area (Å²) in [5, 5.41) is 0. The van der Waals surface area contributed by atoms with E-state index < -0.39 is 0 Å². The molecule has 1 heteroatoms. The van der Waals surface area contributed by atoms with Gasteiger partial charge in [0.1, 0.15) is 5.82 Å². The third kappa shape index (κ3) is 2.11. The van der Waals surface area contributed by atoms with Gasteiger partial charge in [0.2, 0.25) is 0 Å². The Hall–Kier alpha value is -1.81. The van der Waals surface area contributed by atoms with Crippen LogP contribution in [0.4, 0.5) is 4.39 Å². The topological polar surface area (TPSA) is 0 Å². The van der Waals surface area contributed by atoms with Gasteiger partial charge in [0.05, 0.1) is 5.92 Å². The maximum absolute atomic E-state index is 12.6. The summed E-state index contributed by atoms with van der Waals surface area (Å²) < 4.78 is 12.6. The highest BCUT2D eigenvalue weighted by Gasteiger charge is 1.96. The van der Waals surface area contributed by atoms with Crippen molar-refractivity contribution >= 4 is 0 Å². The van der Waals surface area contributed by atoms with Crippen molar-refractivity contribution in [3.8, 4) is 11.8 Å². The second kappa shape index (κ2) is 3.93. The van der Waals surface area contributed by atoms with E-state index in [1.54, 1.807) is 12.1 Å². The zero-order valence-corrected chi connectivity index (χ0v) is 7.57. The SMILES string of the molecule is Fc1ccc(C#CC2C=CC=C2)cc1. The summed E-state index contributed by atoms with van der Waals surface area (Å²) in [5.74, 6) is 6.05. The molecule has 68 valence electrons. The lowest BCUT2D eigenvalue weighted by Crippen LogP contribution is -1.82. The molecule has 0 spiro atoms. The van der Waals surface area contributed by atoms with Gasteiger partial charge >= 0.3 is 0 Å². The minimum Gasteiger partial charge on any atom is -0.207 e. The van der Waals surface area contributed by atoms with Crippen LogP contribution in [0.3, 0.4) is 0 Å². The fourth-order valence-electron chi connectivity index (χ4n) is 1.23. The molecule has 0 radical (unpaired) electrons. The third-order valence-electron chi connectivity index (χ3n) is 1.98. The summed E-state index contributed by atoms with van der Waals surface area (Å²) in [6.07, 6.45) is 8.00. The van der Waals surface area contributed by atoms with Gasteiger partial charge in [0.15, 0.2) is 0 Å². The summed E-state index contributed by atoms with van der Waals surface area (Å²) in [6, 6.07) is 6.21. The molecule has 0 amide bonds. The Morgan fingerprint density at radius 1 is 1.00 bits per heavy atom. The van der Waals surface area contributed by atoms with Crippen LogP contribution < -0.4 is 0 Å². The van der Waals surface area contributed by atoms with Crippen LogP contribution in [0.15, 0.2) is 48.6 Å². The van der Waals surface area contributed by atoms with Gasteiger partial charge in [-0.15, -0.1) is 0 Å². The van der Waals surface area contributed by atoms with E-state index in [2.05, 4.69) is 11.8 Å². The molecular formula is C13H9F. The summed E-state index contributed by atoms with van der Waals surface area (Å²) in [7, 11) is 0. The van der Waals surface area contributed by atoms with Crippen LogP contribution in [0.1, 0.15) is 5.56 Å². The first-order valence-corrected chi connectivity index (χ1v) is 4.47. The van der Waals surface area contributed by atoms with E-state index in [1.807, 2.05) is 24.3 Å². The molecule has 0 saturated heterocycles. The van der Waals surface area contributed by atoms with Gasteiger partial charge in [0.25, 0.3) is 0 Å². The monoisotopic (exact) mass is 184 g/mol. The Morgan fingerprint density at radius 3 is 2.29 bits per heavy atom. The predicted molar refractivity (Wildman–Crippen MR) is 55.0 cm³/mol. The minimum absolute atomic E-state index is 0.208. The lowest BCUT2D eigenvalue weighted by atomic mass is 10.1. The van der Waals surface area contributed by atoms with Crippen LogP contribution in [0.25, 0.3) is 0 Å². The second-order valence-electron chi connectivity index (χ2n) is 3.07. The predicted octanol–water partition coefficient (Wildman–Crippen LogP) is 2.92. The Morgan fingerprint density at radius 2 is 1.64 bits per heavy atom. The lowest BCUT2D eigenvalue weighted by Gasteiger charge is -1.91. The van der Waals surface area contributed by atoms with Crippen LogP contribution in [0.2, 0.25) is 0 Å². The van der Waals surface area contributed by atoms with E-state index in [-0.39, 0.29) is 11.7 Å². The summed E-state index contributed by atoms with van der Waals surface area (Å²) in [5.41, 5.74) is 0.847. The van der Waals surface area contributed by atoms with Crippen molar-refractivity contribution in [3.63, 3.8) is 0 Å². The molecule has 0 bridgehead atoms. The molecule has 1 aromatic carbocycles. The lowest BCUT2D eigenvalue weighted by molar-refractivity contribution is 0.627. The smallest absolute Gasteiger partial charge is 0.123 e. The van der Waals surface area contributed by atoms with Gasteiger partial charge in [-0.1, -0.05) is 36.1 Å². The zero-order valence-electron chi connectivity index (χ0n) is 7.57. The molecule has 0 unspecified atom stereocenters. The van der Waals surface area contributed by atoms with Crippen molar-refractivity contribution in [1.29, 1.82) is 0 Å². The largest absolute Gasteiger partial charge is 0.207 e. The molecule has 2 rings (SSSR count). The molecule has 0 fully saturated rings. The third-order valence-corrected chi connectivity index (χ3v) is 1.98. The molecule has 0 aliphatic heterocycles. The molecule has 0 saturated carbocycles. The first-order chi connectivity index (χ1) is 6.84. The highest BCUT2D eigenvalue weighted by Crippen LogP contribution is 2.07.